The number of fused-ring (bicyclic) bond motifs is 1. The van der Waals surface area contributed by atoms with Crippen LogP contribution in [0.2, 0.25) is 0 Å². The van der Waals surface area contributed by atoms with Gasteiger partial charge in [-0.25, -0.2) is 4.98 Å². The van der Waals surface area contributed by atoms with E-state index in [9.17, 15) is 5.11 Å². The number of phenolic OH excluding ortho intramolecular Hbond substituents is 1. The zero-order valence-corrected chi connectivity index (χ0v) is 14.6. The van der Waals surface area contributed by atoms with Gasteiger partial charge in [0.15, 0.2) is 5.58 Å². The maximum atomic E-state index is 9.78. The fourth-order valence-electron chi connectivity index (χ4n) is 2.73. The van der Waals surface area contributed by atoms with Crippen LogP contribution in [0, 0.1) is 13.8 Å². The van der Waals surface area contributed by atoms with Crippen molar-refractivity contribution >= 4 is 23.0 Å². The number of hydrogen-bond acceptors (Lipinski definition) is 4. The molecule has 0 aliphatic carbocycles. The summed E-state index contributed by atoms with van der Waals surface area (Å²) in [6.45, 7) is 4.13. The van der Waals surface area contributed by atoms with Crippen molar-refractivity contribution in [3.8, 4) is 17.2 Å². The Balaban J connectivity index is 1.61. The molecule has 4 heteroatoms. The highest BCUT2D eigenvalue weighted by Gasteiger charge is 2.09. The fraction of sp³-hybridized carbons (Fsp3) is 0.0909. The van der Waals surface area contributed by atoms with Crippen molar-refractivity contribution in [2.24, 2.45) is 4.99 Å². The Morgan fingerprint density at radius 1 is 0.962 bits per heavy atom. The fourth-order valence-corrected chi connectivity index (χ4v) is 2.73. The Labute approximate surface area is 151 Å². The number of para-hydroxylation sites is 1. The molecule has 0 saturated carbocycles. The Morgan fingerprint density at radius 3 is 2.46 bits per heavy atom. The minimum atomic E-state index is 0.213. The Morgan fingerprint density at radius 2 is 1.69 bits per heavy atom. The van der Waals surface area contributed by atoms with Gasteiger partial charge in [0.05, 0.1) is 5.69 Å². The summed E-state index contributed by atoms with van der Waals surface area (Å²) in [5.41, 5.74) is 6.42. The van der Waals surface area contributed by atoms with Gasteiger partial charge in [-0.2, -0.15) is 0 Å². The lowest BCUT2D eigenvalue weighted by Gasteiger charge is -1.99. The predicted octanol–water partition coefficient (Wildman–Crippen LogP) is 5.57. The number of rotatable bonds is 3. The van der Waals surface area contributed by atoms with Gasteiger partial charge in [0.2, 0.25) is 5.89 Å². The number of aliphatic imine (C=N–C) groups is 1. The molecule has 26 heavy (non-hydrogen) atoms. The minimum Gasteiger partial charge on any atom is -0.507 e. The van der Waals surface area contributed by atoms with Crippen LogP contribution in [-0.2, 0) is 0 Å². The Hall–Kier alpha value is -3.40. The van der Waals surface area contributed by atoms with Gasteiger partial charge in [-0.1, -0.05) is 12.1 Å². The molecule has 1 aromatic heterocycles. The third kappa shape index (κ3) is 3.09. The summed E-state index contributed by atoms with van der Waals surface area (Å²) >= 11 is 0. The number of aryl methyl sites for hydroxylation is 2. The second-order valence-electron chi connectivity index (χ2n) is 6.29. The molecule has 0 atom stereocenters. The van der Waals surface area contributed by atoms with Crippen molar-refractivity contribution in [3.05, 3.63) is 77.4 Å². The number of aromatic hydroxyl groups is 1. The maximum Gasteiger partial charge on any atom is 0.227 e. The summed E-state index contributed by atoms with van der Waals surface area (Å²) in [5.74, 6) is 0.811. The van der Waals surface area contributed by atoms with Gasteiger partial charge in [0, 0.05) is 17.3 Å². The molecule has 4 aromatic rings. The number of nitrogens with zero attached hydrogens (tertiary/aromatic N) is 2. The van der Waals surface area contributed by atoms with Gasteiger partial charge in [0.25, 0.3) is 0 Å². The number of aromatic nitrogens is 1. The lowest BCUT2D eigenvalue weighted by atomic mass is 10.1. The molecule has 0 spiro atoms. The van der Waals surface area contributed by atoms with Crippen molar-refractivity contribution in [2.75, 3.05) is 0 Å². The molecule has 4 nitrogen and oxygen atoms in total. The van der Waals surface area contributed by atoms with Crippen molar-refractivity contribution in [2.45, 2.75) is 13.8 Å². The molecule has 0 amide bonds. The highest BCUT2D eigenvalue weighted by atomic mass is 16.3. The minimum absolute atomic E-state index is 0.213. The third-order valence-electron chi connectivity index (χ3n) is 4.41. The van der Waals surface area contributed by atoms with Gasteiger partial charge < -0.3 is 9.52 Å². The predicted molar refractivity (Wildman–Crippen MR) is 104 cm³/mol. The van der Waals surface area contributed by atoms with Gasteiger partial charge in [-0.05, 0) is 73.5 Å². The molecule has 1 N–H and O–H groups in total. The van der Waals surface area contributed by atoms with Gasteiger partial charge in [-0.15, -0.1) is 0 Å². The van der Waals surface area contributed by atoms with Crippen LogP contribution < -0.4 is 0 Å². The first-order valence-corrected chi connectivity index (χ1v) is 8.40. The number of hydrogen-bond donors (Lipinski definition) is 1. The highest BCUT2D eigenvalue weighted by molar-refractivity contribution is 5.85. The van der Waals surface area contributed by atoms with Crippen LogP contribution in [0.4, 0.5) is 5.69 Å². The molecule has 0 saturated heterocycles. The molecular formula is C22H18N2O2. The van der Waals surface area contributed by atoms with Crippen molar-refractivity contribution in [3.63, 3.8) is 0 Å². The van der Waals surface area contributed by atoms with E-state index in [0.717, 1.165) is 22.4 Å². The van der Waals surface area contributed by atoms with Crippen molar-refractivity contribution < 1.29 is 9.52 Å². The summed E-state index contributed by atoms with van der Waals surface area (Å²) in [4.78, 5) is 8.98. The molecule has 0 aliphatic heterocycles. The summed E-state index contributed by atoms with van der Waals surface area (Å²) < 4.78 is 5.89. The molecule has 3 aromatic carbocycles. The topological polar surface area (TPSA) is 58.6 Å². The van der Waals surface area contributed by atoms with E-state index in [1.807, 2.05) is 48.5 Å². The molecule has 128 valence electrons. The first-order valence-electron chi connectivity index (χ1n) is 8.40. The second kappa shape index (κ2) is 6.48. The highest BCUT2D eigenvalue weighted by Crippen LogP contribution is 2.27. The van der Waals surface area contributed by atoms with Gasteiger partial charge in [0.1, 0.15) is 11.3 Å². The third-order valence-corrected chi connectivity index (χ3v) is 4.41. The van der Waals surface area contributed by atoms with E-state index in [-0.39, 0.29) is 5.75 Å². The monoisotopic (exact) mass is 342 g/mol. The largest absolute Gasteiger partial charge is 0.507 e. The van der Waals surface area contributed by atoms with E-state index < -0.39 is 0 Å². The van der Waals surface area contributed by atoms with Crippen LogP contribution in [0.1, 0.15) is 16.7 Å². The van der Waals surface area contributed by atoms with Crippen LogP contribution >= 0.6 is 0 Å². The van der Waals surface area contributed by atoms with Crippen LogP contribution in [0.5, 0.6) is 5.75 Å². The summed E-state index contributed by atoms with van der Waals surface area (Å²) in [6.07, 6.45) is 1.65. The normalized spacial score (nSPS) is 11.5. The molecule has 1 heterocycles. The number of phenols is 1. The molecule has 0 bridgehead atoms. The van der Waals surface area contributed by atoms with Crippen LogP contribution in [0.3, 0.4) is 0 Å². The van der Waals surface area contributed by atoms with Crippen LogP contribution in [0.25, 0.3) is 22.6 Å². The van der Waals surface area contributed by atoms with E-state index in [4.69, 9.17) is 4.42 Å². The summed E-state index contributed by atoms with van der Waals surface area (Å²) in [6, 6.07) is 18.8. The van der Waals surface area contributed by atoms with Crippen LogP contribution in [-0.4, -0.2) is 16.3 Å². The summed E-state index contributed by atoms with van der Waals surface area (Å²) in [7, 11) is 0. The first-order chi connectivity index (χ1) is 12.6. The molecule has 0 radical (unpaired) electrons. The lowest BCUT2D eigenvalue weighted by molar-refractivity contribution is 0.474. The molecule has 4 rings (SSSR count). The van der Waals surface area contributed by atoms with Crippen molar-refractivity contribution in [1.82, 2.24) is 4.98 Å². The average Bonchev–Trinajstić information content (AvgIpc) is 3.04. The standard InChI is InChI=1S/C22H18N2O2/c1-14-11-19-21(12-15(14)2)26-22(24-19)16-7-9-18(10-8-16)23-13-17-5-3-4-6-20(17)25/h3-13,25H,1-2H3. The molecular weight excluding hydrogens is 324 g/mol. The van der Waals surface area contributed by atoms with E-state index >= 15 is 0 Å². The lowest BCUT2D eigenvalue weighted by Crippen LogP contribution is -1.81. The van der Waals surface area contributed by atoms with Gasteiger partial charge >= 0.3 is 0 Å². The number of benzene rings is 3. The molecule has 0 unspecified atom stereocenters. The van der Waals surface area contributed by atoms with E-state index in [0.29, 0.717) is 11.5 Å². The average molecular weight is 342 g/mol. The SMILES string of the molecule is Cc1cc2nc(-c3ccc(N=Cc4ccccc4O)cc3)oc2cc1C. The zero-order valence-electron chi connectivity index (χ0n) is 14.6. The molecule has 0 aliphatic rings. The Kier molecular flexibility index (Phi) is 4.01. The van der Waals surface area contributed by atoms with E-state index in [1.165, 1.54) is 11.1 Å². The van der Waals surface area contributed by atoms with Crippen LogP contribution in [0.15, 0.2) is 70.1 Å². The van der Waals surface area contributed by atoms with Crippen molar-refractivity contribution in [1.29, 1.82) is 0 Å². The molecule has 0 fully saturated rings. The maximum absolute atomic E-state index is 9.78. The zero-order chi connectivity index (χ0) is 18.1. The smallest absolute Gasteiger partial charge is 0.227 e. The first kappa shape index (κ1) is 16.1. The quantitative estimate of drug-likeness (QED) is 0.495. The second-order valence-corrected chi connectivity index (χ2v) is 6.29. The number of oxazole rings is 1. The summed E-state index contributed by atoms with van der Waals surface area (Å²) in [5, 5.41) is 9.78. The van der Waals surface area contributed by atoms with E-state index in [2.05, 4.69) is 23.8 Å². The Bertz CT molecular complexity index is 1070. The van der Waals surface area contributed by atoms with Gasteiger partial charge in [-0.3, -0.25) is 4.99 Å². The van der Waals surface area contributed by atoms with E-state index in [1.54, 1.807) is 18.3 Å².